The number of nitrogens with zero attached hydrogens (tertiary/aromatic N) is 2. The van der Waals surface area contributed by atoms with E-state index in [2.05, 4.69) is 21.5 Å². The van der Waals surface area contributed by atoms with Gasteiger partial charge in [0.1, 0.15) is 0 Å². The number of rotatable bonds is 2. The molecule has 2 aromatic heterocycles. The average Bonchev–Trinajstić information content (AvgIpc) is 2.96. The number of aromatic amines is 1. The van der Waals surface area contributed by atoms with E-state index < -0.39 is 0 Å². The molecular formula is C12H16N4. The van der Waals surface area contributed by atoms with Crippen LogP contribution in [0.15, 0.2) is 24.7 Å². The Labute approximate surface area is 94.7 Å². The molecule has 1 saturated heterocycles. The van der Waals surface area contributed by atoms with Gasteiger partial charge in [-0.1, -0.05) is 0 Å². The number of aryl methyl sites for hydroxylation is 1. The second-order valence-corrected chi connectivity index (χ2v) is 4.32. The second-order valence-electron chi connectivity index (χ2n) is 4.32. The third kappa shape index (κ3) is 1.46. The largest absolute Gasteiger partial charge is 0.367 e. The van der Waals surface area contributed by atoms with Gasteiger partial charge >= 0.3 is 0 Å². The van der Waals surface area contributed by atoms with Gasteiger partial charge in [0.15, 0.2) is 0 Å². The van der Waals surface area contributed by atoms with E-state index in [4.69, 9.17) is 0 Å². The zero-order valence-corrected chi connectivity index (χ0v) is 9.40. The van der Waals surface area contributed by atoms with Gasteiger partial charge in [-0.25, -0.2) is 0 Å². The van der Waals surface area contributed by atoms with Crippen LogP contribution < -0.4 is 5.32 Å². The summed E-state index contributed by atoms with van der Waals surface area (Å²) in [6.07, 6.45) is 8.39. The molecule has 3 heterocycles. The topological polar surface area (TPSA) is 45.6 Å². The van der Waals surface area contributed by atoms with Crippen LogP contribution in [0.2, 0.25) is 0 Å². The van der Waals surface area contributed by atoms with Crippen LogP contribution in [0, 0.1) is 0 Å². The molecule has 4 nitrogen and oxygen atoms in total. The highest BCUT2D eigenvalue weighted by Crippen LogP contribution is 2.31. The Bertz CT molecular complexity index is 463. The molecule has 0 aromatic carbocycles. The summed E-state index contributed by atoms with van der Waals surface area (Å²) < 4.78 is 1.99. The second kappa shape index (κ2) is 3.79. The maximum atomic E-state index is 4.38. The van der Waals surface area contributed by atoms with Crippen molar-refractivity contribution in [2.75, 3.05) is 6.54 Å². The van der Waals surface area contributed by atoms with Gasteiger partial charge < -0.3 is 10.3 Å². The van der Waals surface area contributed by atoms with Gasteiger partial charge in [0.2, 0.25) is 0 Å². The molecule has 0 radical (unpaired) electrons. The first-order valence-electron chi connectivity index (χ1n) is 5.74. The number of hydrogen-bond donors (Lipinski definition) is 2. The summed E-state index contributed by atoms with van der Waals surface area (Å²) in [5.74, 6) is 0. The summed E-state index contributed by atoms with van der Waals surface area (Å²) in [5.41, 5.74) is 3.76. The zero-order valence-electron chi connectivity index (χ0n) is 9.40. The van der Waals surface area contributed by atoms with Crippen molar-refractivity contribution in [2.45, 2.75) is 18.9 Å². The highest BCUT2D eigenvalue weighted by molar-refractivity contribution is 5.65. The van der Waals surface area contributed by atoms with Crippen molar-refractivity contribution >= 4 is 0 Å². The van der Waals surface area contributed by atoms with Crippen LogP contribution in [-0.4, -0.2) is 21.3 Å². The minimum atomic E-state index is 0.456. The van der Waals surface area contributed by atoms with Crippen LogP contribution in [0.25, 0.3) is 11.1 Å². The third-order valence-corrected chi connectivity index (χ3v) is 3.28. The van der Waals surface area contributed by atoms with Crippen molar-refractivity contribution in [1.82, 2.24) is 20.1 Å². The van der Waals surface area contributed by atoms with E-state index in [9.17, 15) is 0 Å². The lowest BCUT2D eigenvalue weighted by Crippen LogP contribution is -2.17. The molecular weight excluding hydrogens is 200 g/mol. The molecule has 1 unspecified atom stereocenters. The van der Waals surface area contributed by atoms with Crippen LogP contribution in [-0.2, 0) is 7.05 Å². The molecule has 1 fully saturated rings. The van der Waals surface area contributed by atoms with Gasteiger partial charge in [0, 0.05) is 36.6 Å². The quantitative estimate of drug-likeness (QED) is 0.804. The molecule has 2 N–H and O–H groups in total. The first-order chi connectivity index (χ1) is 7.86. The Balaban J connectivity index is 2.05. The Morgan fingerprint density at radius 1 is 1.50 bits per heavy atom. The summed E-state index contributed by atoms with van der Waals surface area (Å²) in [7, 11) is 2.02. The van der Waals surface area contributed by atoms with E-state index in [1.807, 2.05) is 30.3 Å². The normalized spacial score (nSPS) is 20.4. The first-order valence-corrected chi connectivity index (χ1v) is 5.74. The fraction of sp³-hybridized carbons (Fsp3) is 0.417. The van der Waals surface area contributed by atoms with Crippen molar-refractivity contribution in [2.24, 2.45) is 7.05 Å². The molecule has 2 aromatic rings. The highest BCUT2D eigenvalue weighted by atomic mass is 15.3. The first kappa shape index (κ1) is 9.66. The summed E-state index contributed by atoms with van der Waals surface area (Å²) in [6.45, 7) is 1.11. The SMILES string of the molecule is Cn1ncc(-c2cc[nH]c2)c1C1CCCN1. The molecule has 0 spiro atoms. The third-order valence-electron chi connectivity index (χ3n) is 3.28. The lowest BCUT2D eigenvalue weighted by atomic mass is 10.0. The minimum Gasteiger partial charge on any atom is -0.367 e. The van der Waals surface area contributed by atoms with E-state index in [1.54, 1.807) is 0 Å². The summed E-state index contributed by atoms with van der Waals surface area (Å²) in [5, 5.41) is 7.91. The zero-order chi connectivity index (χ0) is 11.0. The van der Waals surface area contributed by atoms with Gasteiger partial charge in [-0.2, -0.15) is 5.10 Å². The Morgan fingerprint density at radius 3 is 3.12 bits per heavy atom. The predicted molar refractivity (Wildman–Crippen MR) is 63.0 cm³/mol. The van der Waals surface area contributed by atoms with Crippen LogP contribution in [0.4, 0.5) is 0 Å². The lowest BCUT2D eigenvalue weighted by Gasteiger charge is -2.13. The van der Waals surface area contributed by atoms with Crippen molar-refractivity contribution in [3.63, 3.8) is 0 Å². The van der Waals surface area contributed by atoms with Crippen LogP contribution in [0.1, 0.15) is 24.6 Å². The van der Waals surface area contributed by atoms with E-state index in [1.165, 1.54) is 29.7 Å². The van der Waals surface area contributed by atoms with Gasteiger partial charge in [-0.3, -0.25) is 4.68 Å². The predicted octanol–water partition coefficient (Wildman–Crippen LogP) is 1.84. The Hall–Kier alpha value is -1.55. The molecule has 1 aliphatic rings. The molecule has 4 heteroatoms. The molecule has 1 atom stereocenters. The fourth-order valence-corrected chi connectivity index (χ4v) is 2.49. The van der Waals surface area contributed by atoms with Crippen molar-refractivity contribution < 1.29 is 0 Å². The summed E-state index contributed by atoms with van der Waals surface area (Å²) in [6, 6.07) is 2.55. The molecule has 1 aliphatic heterocycles. The number of H-pyrrole nitrogens is 1. The Kier molecular flexibility index (Phi) is 2.29. The molecule has 0 bridgehead atoms. The van der Waals surface area contributed by atoms with Crippen LogP contribution >= 0.6 is 0 Å². The van der Waals surface area contributed by atoms with Gasteiger partial charge in [-0.05, 0) is 25.5 Å². The van der Waals surface area contributed by atoms with Crippen molar-refractivity contribution in [1.29, 1.82) is 0 Å². The van der Waals surface area contributed by atoms with Crippen molar-refractivity contribution in [3.05, 3.63) is 30.4 Å². The van der Waals surface area contributed by atoms with E-state index in [-0.39, 0.29) is 0 Å². The van der Waals surface area contributed by atoms with E-state index in [0.717, 1.165) is 6.54 Å². The van der Waals surface area contributed by atoms with Crippen LogP contribution in [0.3, 0.4) is 0 Å². The number of nitrogens with one attached hydrogen (secondary N) is 2. The molecule has 0 amide bonds. The van der Waals surface area contributed by atoms with Gasteiger partial charge in [-0.15, -0.1) is 0 Å². The highest BCUT2D eigenvalue weighted by Gasteiger charge is 2.23. The molecule has 3 rings (SSSR count). The summed E-state index contributed by atoms with van der Waals surface area (Å²) in [4.78, 5) is 3.10. The van der Waals surface area contributed by atoms with Gasteiger partial charge in [0.05, 0.1) is 11.9 Å². The summed E-state index contributed by atoms with van der Waals surface area (Å²) >= 11 is 0. The standard InChI is InChI=1S/C12H16N4/c1-16-12(11-3-2-5-14-11)10(8-15-16)9-4-6-13-7-9/h4,6-8,11,13-14H,2-3,5H2,1H3. The minimum absolute atomic E-state index is 0.456. The number of aromatic nitrogens is 3. The fourth-order valence-electron chi connectivity index (χ4n) is 2.49. The lowest BCUT2D eigenvalue weighted by molar-refractivity contribution is 0.575. The monoisotopic (exact) mass is 216 g/mol. The smallest absolute Gasteiger partial charge is 0.0629 e. The van der Waals surface area contributed by atoms with Crippen LogP contribution in [0.5, 0.6) is 0 Å². The number of hydrogen-bond acceptors (Lipinski definition) is 2. The molecule has 16 heavy (non-hydrogen) atoms. The van der Waals surface area contributed by atoms with Gasteiger partial charge in [0.25, 0.3) is 0 Å². The molecule has 0 aliphatic carbocycles. The maximum absolute atomic E-state index is 4.38. The van der Waals surface area contributed by atoms with Crippen molar-refractivity contribution in [3.8, 4) is 11.1 Å². The van der Waals surface area contributed by atoms with E-state index >= 15 is 0 Å². The Morgan fingerprint density at radius 2 is 2.44 bits per heavy atom. The molecule has 0 saturated carbocycles. The average molecular weight is 216 g/mol. The maximum Gasteiger partial charge on any atom is 0.0629 e. The van der Waals surface area contributed by atoms with E-state index in [0.29, 0.717) is 6.04 Å². The molecule has 84 valence electrons.